The molecule has 3 N–H and O–H groups in total. The number of amides is 1. The third kappa shape index (κ3) is 2.46. The Labute approximate surface area is 156 Å². The second-order valence-corrected chi connectivity index (χ2v) is 9.63. The average Bonchev–Trinajstić information content (AvgIpc) is 2.58. The highest BCUT2D eigenvalue weighted by Gasteiger charge is 2.55. The molecule has 1 amide bonds. The van der Waals surface area contributed by atoms with E-state index < -0.39 is 0 Å². The van der Waals surface area contributed by atoms with Crippen LogP contribution in [0.4, 0.5) is 0 Å². The minimum atomic E-state index is -0.335. The van der Waals surface area contributed by atoms with E-state index in [1.807, 2.05) is 6.07 Å². The minimum absolute atomic E-state index is 0.0808. The van der Waals surface area contributed by atoms with Gasteiger partial charge in [0.05, 0.1) is 6.10 Å². The summed E-state index contributed by atoms with van der Waals surface area (Å²) in [5.74, 6) is 2.94. The number of hydrogen-bond acceptors (Lipinski definition) is 2. The lowest BCUT2D eigenvalue weighted by molar-refractivity contribution is -0.0431. The average molecular weight is 354 g/mol. The summed E-state index contributed by atoms with van der Waals surface area (Å²) in [5.41, 5.74) is 9.05. The maximum Gasteiger partial charge on any atom is 0.248 e. The van der Waals surface area contributed by atoms with Crippen LogP contribution in [0.5, 0.6) is 0 Å². The number of aliphatic hydroxyl groups excluding tert-OH is 1. The van der Waals surface area contributed by atoms with Crippen molar-refractivity contribution in [2.24, 2.45) is 29.4 Å². The summed E-state index contributed by atoms with van der Waals surface area (Å²) in [7, 11) is 0. The van der Waals surface area contributed by atoms with Gasteiger partial charge in [0.15, 0.2) is 0 Å². The summed E-state index contributed by atoms with van der Waals surface area (Å²) in [4.78, 5) is 11.8. The van der Waals surface area contributed by atoms with E-state index in [1.54, 1.807) is 0 Å². The highest BCUT2D eigenvalue weighted by Crippen LogP contribution is 2.61. The topological polar surface area (TPSA) is 63.3 Å². The highest BCUT2D eigenvalue weighted by molar-refractivity contribution is 5.93. The predicted octanol–water partition coefficient (Wildman–Crippen LogP) is 3.96. The maximum atomic E-state index is 11.8. The van der Waals surface area contributed by atoms with Crippen LogP contribution in [0.3, 0.4) is 0 Å². The van der Waals surface area contributed by atoms with Crippen molar-refractivity contribution >= 4 is 5.91 Å². The number of primary amides is 1. The molecule has 3 nitrogen and oxygen atoms in total. The number of rotatable bonds is 3. The van der Waals surface area contributed by atoms with Gasteiger partial charge in [-0.15, -0.1) is 0 Å². The van der Waals surface area contributed by atoms with Gasteiger partial charge in [-0.3, -0.25) is 4.79 Å². The fraction of sp³-hybridized carbons (Fsp3) is 0.696. The highest BCUT2D eigenvalue weighted by atomic mass is 16.3. The summed E-state index contributed by atoms with van der Waals surface area (Å²) in [6, 6.07) is 6.15. The van der Waals surface area contributed by atoms with E-state index in [9.17, 15) is 9.90 Å². The molecule has 0 aliphatic heterocycles. The molecule has 3 fully saturated rings. The molecule has 4 aliphatic carbocycles. The maximum absolute atomic E-state index is 11.8. The van der Waals surface area contributed by atoms with E-state index in [1.165, 1.54) is 49.7 Å². The molecule has 3 saturated carbocycles. The van der Waals surface area contributed by atoms with Crippen LogP contribution in [0.15, 0.2) is 18.2 Å². The van der Waals surface area contributed by atoms with Crippen molar-refractivity contribution in [3.05, 3.63) is 34.9 Å². The lowest BCUT2D eigenvalue weighted by Crippen LogP contribution is -2.55. The molecule has 4 aliphatic rings. The zero-order chi connectivity index (χ0) is 17.9. The van der Waals surface area contributed by atoms with E-state index in [0.29, 0.717) is 11.5 Å². The number of nitrogens with two attached hydrogens (primary N) is 1. The molecule has 5 atom stereocenters. The second kappa shape index (κ2) is 6.09. The summed E-state index contributed by atoms with van der Waals surface area (Å²) in [6.07, 6.45) is 12.1. The van der Waals surface area contributed by atoms with Gasteiger partial charge in [-0.2, -0.15) is 0 Å². The predicted molar refractivity (Wildman–Crippen MR) is 102 cm³/mol. The van der Waals surface area contributed by atoms with Crippen LogP contribution in [0.1, 0.15) is 79.3 Å². The lowest BCUT2D eigenvalue weighted by atomic mass is 9.45. The van der Waals surface area contributed by atoms with Crippen molar-refractivity contribution in [2.45, 2.75) is 75.7 Å². The second-order valence-electron chi connectivity index (χ2n) is 9.63. The Morgan fingerprint density at radius 2 is 2.04 bits per heavy atom. The van der Waals surface area contributed by atoms with Crippen LogP contribution in [0.2, 0.25) is 0 Å². The summed E-state index contributed by atoms with van der Waals surface area (Å²) in [5, 5.41) is 10.5. The first kappa shape index (κ1) is 16.8. The normalized spacial score (nSPS) is 38.8. The fourth-order valence-electron chi connectivity index (χ4n) is 7.05. The Bertz CT molecular complexity index is 725. The molecule has 1 unspecified atom stereocenters. The molecule has 1 aromatic carbocycles. The van der Waals surface area contributed by atoms with Crippen LogP contribution in [0, 0.1) is 23.7 Å². The molecule has 0 spiro atoms. The Morgan fingerprint density at radius 1 is 1.19 bits per heavy atom. The molecule has 2 bridgehead atoms. The fourth-order valence-corrected chi connectivity index (χ4v) is 7.05. The third-order valence-electron chi connectivity index (χ3n) is 8.45. The monoisotopic (exact) mass is 353 g/mol. The van der Waals surface area contributed by atoms with Gasteiger partial charge in [0.1, 0.15) is 0 Å². The van der Waals surface area contributed by atoms with Crippen LogP contribution < -0.4 is 5.73 Å². The van der Waals surface area contributed by atoms with E-state index in [4.69, 9.17) is 5.73 Å². The van der Waals surface area contributed by atoms with Gasteiger partial charge in [0, 0.05) is 11.0 Å². The molecule has 0 radical (unpaired) electrons. The number of carbonyl (C=O) groups is 1. The van der Waals surface area contributed by atoms with E-state index in [-0.39, 0.29) is 17.4 Å². The zero-order valence-electron chi connectivity index (χ0n) is 15.6. The molecule has 5 rings (SSSR count). The molecule has 3 heteroatoms. The number of benzene rings is 1. The van der Waals surface area contributed by atoms with Gasteiger partial charge in [-0.1, -0.05) is 25.3 Å². The molecule has 0 aromatic heterocycles. The molecule has 0 saturated heterocycles. The summed E-state index contributed by atoms with van der Waals surface area (Å²) < 4.78 is 0. The quantitative estimate of drug-likeness (QED) is 0.864. The molecule has 0 heterocycles. The van der Waals surface area contributed by atoms with Crippen LogP contribution in [-0.2, 0) is 11.8 Å². The van der Waals surface area contributed by atoms with Crippen LogP contribution in [-0.4, -0.2) is 17.1 Å². The first-order chi connectivity index (χ1) is 12.6. The Hall–Kier alpha value is -1.35. The van der Waals surface area contributed by atoms with Crippen LogP contribution >= 0.6 is 0 Å². The van der Waals surface area contributed by atoms with Crippen molar-refractivity contribution < 1.29 is 9.90 Å². The van der Waals surface area contributed by atoms with Gasteiger partial charge >= 0.3 is 0 Å². The molecular weight excluding hydrogens is 322 g/mol. The first-order valence-corrected chi connectivity index (χ1v) is 10.7. The Kier molecular flexibility index (Phi) is 3.93. The molecular formula is C23H31NO2. The largest absolute Gasteiger partial charge is 0.393 e. The van der Waals surface area contributed by atoms with Crippen LogP contribution in [0.25, 0.3) is 0 Å². The molecule has 140 valence electrons. The number of carbonyl (C=O) groups excluding carboxylic acids is 1. The van der Waals surface area contributed by atoms with Crippen molar-refractivity contribution in [3.63, 3.8) is 0 Å². The standard InChI is InChI=1S/C23H31NO2/c24-22(26)17-5-4-16-11-19-15(10-14-2-1-3-14)8-9-23(21(16)12-17)13-18(25)6-7-20(19)23/h4-5,12,14-15,18-20,25H,1-3,6-11,13H2,(H2,24,26)/t15?,18-,19-,20-,23-/m0/s1. The van der Waals surface area contributed by atoms with E-state index in [0.717, 1.165) is 43.4 Å². The first-order valence-electron chi connectivity index (χ1n) is 10.7. The third-order valence-corrected chi connectivity index (χ3v) is 8.45. The Morgan fingerprint density at radius 3 is 2.77 bits per heavy atom. The number of fused-ring (bicyclic) bond motifs is 1. The summed E-state index contributed by atoms with van der Waals surface area (Å²) in [6.45, 7) is 0. The van der Waals surface area contributed by atoms with Gasteiger partial charge < -0.3 is 10.8 Å². The molecule has 1 aromatic rings. The van der Waals surface area contributed by atoms with Crippen molar-refractivity contribution in [2.75, 3.05) is 0 Å². The van der Waals surface area contributed by atoms with Crippen molar-refractivity contribution in [3.8, 4) is 0 Å². The van der Waals surface area contributed by atoms with Crippen molar-refractivity contribution in [1.82, 2.24) is 0 Å². The zero-order valence-corrected chi connectivity index (χ0v) is 15.6. The summed E-state index contributed by atoms with van der Waals surface area (Å²) >= 11 is 0. The smallest absolute Gasteiger partial charge is 0.248 e. The lowest BCUT2D eigenvalue weighted by Gasteiger charge is -2.59. The number of aliphatic hydroxyl groups is 1. The minimum Gasteiger partial charge on any atom is -0.393 e. The van der Waals surface area contributed by atoms with Gasteiger partial charge in [0.25, 0.3) is 0 Å². The van der Waals surface area contributed by atoms with Gasteiger partial charge in [-0.25, -0.2) is 0 Å². The molecule has 26 heavy (non-hydrogen) atoms. The van der Waals surface area contributed by atoms with Gasteiger partial charge in [0.2, 0.25) is 5.91 Å². The Balaban J connectivity index is 1.55. The van der Waals surface area contributed by atoms with Crippen molar-refractivity contribution in [1.29, 1.82) is 0 Å². The SMILES string of the molecule is NC(=O)c1ccc2c(c1)[C@]13CCC(CC4CCC4)[C@H](C2)[C@@H]1CC[C@H](O)C3. The number of hydrogen-bond donors (Lipinski definition) is 2. The van der Waals surface area contributed by atoms with E-state index in [2.05, 4.69) is 12.1 Å². The van der Waals surface area contributed by atoms with Gasteiger partial charge in [-0.05, 0) is 91.9 Å². The van der Waals surface area contributed by atoms with E-state index >= 15 is 0 Å².